The van der Waals surface area contributed by atoms with Crippen molar-refractivity contribution in [3.63, 3.8) is 0 Å². The lowest BCUT2D eigenvalue weighted by Gasteiger charge is -2.51. The van der Waals surface area contributed by atoms with Crippen LogP contribution < -0.4 is 5.32 Å². The molecule has 4 rings (SSSR count). The number of hydrogen-bond acceptors (Lipinski definition) is 6. The Morgan fingerprint density at radius 3 is 2.60 bits per heavy atom. The molecule has 1 saturated heterocycles. The SMILES string of the molecule is CCCCc1nnc(NC(=O)C2CC3CCCC(C2)C32SCCS2)s1. The van der Waals surface area contributed by atoms with E-state index >= 15 is 0 Å². The fraction of sp³-hybridized carbons (Fsp3) is 0.833. The maximum atomic E-state index is 12.8. The predicted molar refractivity (Wildman–Crippen MR) is 108 cm³/mol. The Morgan fingerprint density at radius 1 is 1.20 bits per heavy atom. The van der Waals surface area contributed by atoms with Crippen LogP contribution in [0.15, 0.2) is 0 Å². The molecule has 1 aromatic heterocycles. The highest BCUT2D eigenvalue weighted by Crippen LogP contribution is 2.64. The number of aromatic nitrogens is 2. The van der Waals surface area contributed by atoms with Gasteiger partial charge in [0.25, 0.3) is 0 Å². The zero-order valence-corrected chi connectivity index (χ0v) is 17.3. The van der Waals surface area contributed by atoms with Gasteiger partial charge in [-0.05, 0) is 43.9 Å². The maximum absolute atomic E-state index is 12.8. The van der Waals surface area contributed by atoms with Crippen molar-refractivity contribution < 1.29 is 4.79 Å². The lowest BCUT2D eigenvalue weighted by molar-refractivity contribution is -0.122. The summed E-state index contributed by atoms with van der Waals surface area (Å²) in [6, 6.07) is 0. The van der Waals surface area contributed by atoms with E-state index in [2.05, 4.69) is 46.0 Å². The minimum absolute atomic E-state index is 0.158. The van der Waals surface area contributed by atoms with Crippen molar-refractivity contribution in [2.75, 3.05) is 16.8 Å². The number of anilines is 1. The monoisotopic (exact) mass is 397 g/mol. The number of unbranched alkanes of at least 4 members (excludes halogenated alkanes) is 1. The second-order valence-electron chi connectivity index (χ2n) is 7.51. The Kier molecular flexibility index (Phi) is 5.63. The molecule has 1 aliphatic heterocycles. The van der Waals surface area contributed by atoms with Gasteiger partial charge in [0.15, 0.2) is 0 Å². The highest BCUT2D eigenvalue weighted by atomic mass is 32.2. The molecule has 138 valence electrons. The molecule has 2 saturated carbocycles. The number of nitrogens with one attached hydrogen (secondary N) is 1. The Balaban J connectivity index is 1.39. The predicted octanol–water partition coefficient (Wildman–Crippen LogP) is 4.82. The van der Waals surface area contributed by atoms with Crippen LogP contribution in [0.25, 0.3) is 0 Å². The van der Waals surface area contributed by atoms with Crippen LogP contribution in [0.4, 0.5) is 5.13 Å². The molecule has 3 aliphatic rings. The third-order valence-corrected chi connectivity index (χ3v) is 10.8. The molecule has 25 heavy (non-hydrogen) atoms. The summed E-state index contributed by atoms with van der Waals surface area (Å²) in [6.07, 6.45) is 9.34. The van der Waals surface area contributed by atoms with Crippen LogP contribution >= 0.6 is 34.9 Å². The van der Waals surface area contributed by atoms with Crippen LogP contribution in [0.5, 0.6) is 0 Å². The Bertz CT molecular complexity index is 598. The fourth-order valence-electron chi connectivity index (χ4n) is 4.76. The van der Waals surface area contributed by atoms with Gasteiger partial charge in [-0.25, -0.2) is 0 Å². The first-order chi connectivity index (χ1) is 12.2. The van der Waals surface area contributed by atoms with E-state index < -0.39 is 0 Å². The second kappa shape index (κ2) is 7.77. The van der Waals surface area contributed by atoms with E-state index in [-0.39, 0.29) is 11.8 Å². The molecular weight excluding hydrogens is 370 g/mol. The topological polar surface area (TPSA) is 54.9 Å². The van der Waals surface area contributed by atoms with Gasteiger partial charge in [-0.1, -0.05) is 31.1 Å². The van der Waals surface area contributed by atoms with Gasteiger partial charge in [0.05, 0.1) is 4.08 Å². The molecule has 4 nitrogen and oxygen atoms in total. The third kappa shape index (κ3) is 3.61. The highest BCUT2D eigenvalue weighted by molar-refractivity contribution is 8.21. The Hall–Kier alpha value is -0.270. The standard InChI is InChI=1S/C18H27N3OS3/c1-2-3-7-15-20-21-17(25-15)19-16(22)12-10-13-5-4-6-14(11-12)18(13)23-8-9-24-18/h12-14H,2-11H2,1H3,(H,19,21,22). The largest absolute Gasteiger partial charge is 0.300 e. The van der Waals surface area contributed by atoms with Crippen molar-refractivity contribution in [1.82, 2.24) is 10.2 Å². The average Bonchev–Trinajstić information content (AvgIpc) is 3.23. The normalized spacial score (nSPS) is 30.5. The average molecular weight is 398 g/mol. The second-order valence-corrected chi connectivity index (χ2v) is 11.6. The van der Waals surface area contributed by atoms with Crippen molar-refractivity contribution in [3.8, 4) is 0 Å². The first-order valence-corrected chi connectivity index (χ1v) is 12.4. The summed E-state index contributed by atoms with van der Waals surface area (Å²) in [5, 5.41) is 13.2. The van der Waals surface area contributed by atoms with Crippen molar-refractivity contribution >= 4 is 45.9 Å². The molecule has 1 N–H and O–H groups in total. The van der Waals surface area contributed by atoms with Gasteiger partial charge in [-0.2, -0.15) is 0 Å². The summed E-state index contributed by atoms with van der Waals surface area (Å²) in [4.78, 5) is 12.8. The summed E-state index contributed by atoms with van der Waals surface area (Å²) in [5.41, 5.74) is 0. The van der Waals surface area contributed by atoms with Gasteiger partial charge < -0.3 is 5.32 Å². The minimum Gasteiger partial charge on any atom is -0.300 e. The van der Waals surface area contributed by atoms with Gasteiger partial charge in [0.1, 0.15) is 5.01 Å². The molecule has 1 aromatic rings. The van der Waals surface area contributed by atoms with Crippen LogP contribution in [0.1, 0.15) is 56.9 Å². The van der Waals surface area contributed by atoms with E-state index in [1.54, 1.807) is 11.3 Å². The van der Waals surface area contributed by atoms with Crippen LogP contribution in [-0.4, -0.2) is 31.7 Å². The molecule has 2 unspecified atom stereocenters. The van der Waals surface area contributed by atoms with Crippen molar-refractivity contribution in [2.24, 2.45) is 17.8 Å². The third-order valence-electron chi connectivity index (χ3n) is 5.93. The van der Waals surface area contributed by atoms with Crippen molar-refractivity contribution in [1.29, 1.82) is 0 Å². The first-order valence-electron chi connectivity index (χ1n) is 9.62. The summed E-state index contributed by atoms with van der Waals surface area (Å²) in [7, 11) is 0. The van der Waals surface area contributed by atoms with Crippen LogP contribution in [0.2, 0.25) is 0 Å². The molecule has 1 spiro atoms. The van der Waals surface area contributed by atoms with Crippen molar-refractivity contribution in [3.05, 3.63) is 5.01 Å². The van der Waals surface area contributed by atoms with Gasteiger partial charge in [0, 0.05) is 23.8 Å². The molecule has 2 aliphatic carbocycles. The van der Waals surface area contributed by atoms with Gasteiger partial charge in [-0.15, -0.1) is 33.7 Å². The van der Waals surface area contributed by atoms with Crippen LogP contribution in [-0.2, 0) is 11.2 Å². The quantitative estimate of drug-likeness (QED) is 0.772. The number of carbonyl (C=O) groups is 1. The number of hydrogen-bond donors (Lipinski definition) is 1. The molecule has 2 atom stereocenters. The van der Waals surface area contributed by atoms with E-state index in [0.717, 1.165) is 37.1 Å². The summed E-state index contributed by atoms with van der Waals surface area (Å²) < 4.78 is 0.436. The van der Waals surface area contributed by atoms with Crippen molar-refractivity contribution in [2.45, 2.75) is 62.4 Å². The zero-order valence-electron chi connectivity index (χ0n) is 14.8. The smallest absolute Gasteiger partial charge is 0.229 e. The van der Waals surface area contributed by atoms with Gasteiger partial charge in [0.2, 0.25) is 11.0 Å². The Morgan fingerprint density at radius 2 is 1.92 bits per heavy atom. The highest BCUT2D eigenvalue weighted by Gasteiger charge is 2.55. The van der Waals surface area contributed by atoms with E-state index in [0.29, 0.717) is 21.0 Å². The lowest BCUT2D eigenvalue weighted by Crippen LogP contribution is -2.48. The molecule has 2 bridgehead atoms. The number of amides is 1. The number of carbonyl (C=O) groups excluding carboxylic acids is 1. The van der Waals surface area contributed by atoms with Crippen LogP contribution in [0, 0.1) is 17.8 Å². The first kappa shape index (κ1) is 18.1. The van der Waals surface area contributed by atoms with E-state index in [1.165, 1.54) is 30.8 Å². The van der Waals surface area contributed by atoms with Crippen LogP contribution in [0.3, 0.4) is 0 Å². The van der Waals surface area contributed by atoms with E-state index in [4.69, 9.17) is 0 Å². The maximum Gasteiger partial charge on any atom is 0.229 e. The molecule has 7 heteroatoms. The molecule has 2 heterocycles. The fourth-order valence-corrected chi connectivity index (χ4v) is 9.49. The summed E-state index contributed by atoms with van der Waals surface area (Å²) in [5.74, 6) is 4.34. The summed E-state index contributed by atoms with van der Waals surface area (Å²) in [6.45, 7) is 2.18. The summed E-state index contributed by atoms with van der Waals surface area (Å²) >= 11 is 5.94. The molecule has 0 aromatic carbocycles. The number of nitrogens with zero attached hydrogens (tertiary/aromatic N) is 2. The Labute approximate surface area is 162 Å². The zero-order chi connectivity index (χ0) is 17.3. The molecule has 1 amide bonds. The van der Waals surface area contributed by atoms with E-state index in [9.17, 15) is 4.79 Å². The number of thioether (sulfide) groups is 2. The van der Waals surface area contributed by atoms with E-state index in [1.807, 2.05) is 0 Å². The minimum atomic E-state index is 0.158. The molecule has 0 radical (unpaired) electrons. The molecule has 3 fully saturated rings. The lowest BCUT2D eigenvalue weighted by atomic mass is 9.67. The van der Waals surface area contributed by atoms with Gasteiger partial charge >= 0.3 is 0 Å². The number of rotatable bonds is 5. The molecular formula is C18H27N3OS3. The van der Waals surface area contributed by atoms with Gasteiger partial charge in [-0.3, -0.25) is 4.79 Å². The number of aryl methyl sites for hydroxylation is 1.